The zero-order valence-corrected chi connectivity index (χ0v) is 7.64. The molecule has 0 aliphatic carbocycles. The summed E-state index contributed by atoms with van der Waals surface area (Å²) >= 11 is 3.44. The number of rotatable bonds is 0. The first-order valence-electron chi connectivity index (χ1n) is 3.37. The predicted octanol–water partition coefficient (Wildman–Crippen LogP) is 2.63. The number of nitrogens with zero attached hydrogens (tertiary/aromatic N) is 1. The molecule has 0 unspecified atom stereocenters. The first-order valence-corrected chi connectivity index (χ1v) is 4.16. The molecule has 2 heterocycles. The van der Waals surface area contributed by atoms with Crippen molar-refractivity contribution in [3.05, 3.63) is 28.5 Å². The minimum atomic E-state index is 1.01. The summed E-state index contributed by atoms with van der Waals surface area (Å²) in [5.41, 5.74) is 3.22. The van der Waals surface area contributed by atoms with Crippen LogP contribution in [0.5, 0.6) is 0 Å². The minimum Gasteiger partial charge on any atom is -0.356 e. The molecule has 0 amide bonds. The summed E-state index contributed by atoms with van der Waals surface area (Å²) < 4.78 is 1.07. The Morgan fingerprint density at radius 2 is 2.36 bits per heavy atom. The van der Waals surface area contributed by atoms with Gasteiger partial charge in [-0.25, -0.2) is 0 Å². The van der Waals surface area contributed by atoms with Gasteiger partial charge < -0.3 is 4.98 Å². The number of aromatic nitrogens is 2. The number of aromatic amines is 1. The van der Waals surface area contributed by atoms with Crippen LogP contribution in [0.25, 0.3) is 11.0 Å². The first kappa shape index (κ1) is 6.85. The fraction of sp³-hybridized carbons (Fsp3) is 0.125. The van der Waals surface area contributed by atoms with Crippen LogP contribution in [-0.2, 0) is 0 Å². The van der Waals surface area contributed by atoms with E-state index in [4.69, 9.17) is 0 Å². The quantitative estimate of drug-likeness (QED) is 0.712. The molecule has 11 heavy (non-hydrogen) atoms. The van der Waals surface area contributed by atoms with Crippen LogP contribution in [0.1, 0.15) is 5.69 Å². The Kier molecular flexibility index (Phi) is 1.46. The van der Waals surface area contributed by atoms with Gasteiger partial charge in [-0.15, -0.1) is 0 Å². The van der Waals surface area contributed by atoms with E-state index < -0.39 is 0 Å². The molecule has 0 aliphatic rings. The number of aryl methyl sites for hydroxylation is 1. The Hall–Kier alpha value is -0.830. The van der Waals surface area contributed by atoms with Gasteiger partial charge in [-0.2, -0.15) is 0 Å². The summed E-state index contributed by atoms with van der Waals surface area (Å²) in [5, 5.41) is 0. The SMILES string of the molecule is Cc1cc2nccc(Br)c2[nH]1. The zero-order valence-electron chi connectivity index (χ0n) is 6.06. The van der Waals surface area contributed by atoms with Gasteiger partial charge in [0, 0.05) is 16.4 Å². The smallest absolute Gasteiger partial charge is 0.0893 e. The average Bonchev–Trinajstić information content (AvgIpc) is 2.31. The maximum Gasteiger partial charge on any atom is 0.0893 e. The molecular weight excluding hydrogens is 204 g/mol. The number of hydrogen-bond donors (Lipinski definition) is 1. The van der Waals surface area contributed by atoms with E-state index in [1.165, 1.54) is 0 Å². The molecule has 0 fully saturated rings. The van der Waals surface area contributed by atoms with E-state index in [1.54, 1.807) is 6.20 Å². The molecule has 0 atom stereocenters. The second-order valence-corrected chi connectivity index (χ2v) is 3.36. The van der Waals surface area contributed by atoms with Gasteiger partial charge in [-0.05, 0) is 35.0 Å². The van der Waals surface area contributed by atoms with Crippen molar-refractivity contribution >= 4 is 27.0 Å². The predicted molar refractivity (Wildman–Crippen MR) is 48.5 cm³/mol. The third-order valence-corrected chi connectivity index (χ3v) is 2.27. The number of pyridine rings is 1. The largest absolute Gasteiger partial charge is 0.356 e. The number of hydrogen-bond acceptors (Lipinski definition) is 1. The van der Waals surface area contributed by atoms with Crippen molar-refractivity contribution in [2.24, 2.45) is 0 Å². The Morgan fingerprint density at radius 3 is 3.09 bits per heavy atom. The van der Waals surface area contributed by atoms with Gasteiger partial charge >= 0.3 is 0 Å². The molecule has 56 valence electrons. The summed E-state index contributed by atoms with van der Waals surface area (Å²) in [6, 6.07) is 3.96. The van der Waals surface area contributed by atoms with E-state index in [9.17, 15) is 0 Å². The molecule has 3 heteroatoms. The standard InChI is InChI=1S/C8H7BrN2/c1-5-4-7-8(11-5)6(9)2-3-10-7/h2-4,11H,1H3. The minimum absolute atomic E-state index is 1.01. The normalized spacial score (nSPS) is 10.7. The first-order chi connectivity index (χ1) is 5.27. The summed E-state index contributed by atoms with van der Waals surface area (Å²) in [7, 11) is 0. The molecular formula is C8H7BrN2. The van der Waals surface area contributed by atoms with Crippen molar-refractivity contribution in [3.8, 4) is 0 Å². The molecule has 2 aromatic heterocycles. The van der Waals surface area contributed by atoms with E-state index in [-0.39, 0.29) is 0 Å². The highest BCUT2D eigenvalue weighted by Crippen LogP contribution is 2.21. The van der Waals surface area contributed by atoms with Crippen LogP contribution in [0.15, 0.2) is 22.8 Å². The maximum absolute atomic E-state index is 4.20. The highest BCUT2D eigenvalue weighted by Gasteiger charge is 2.00. The molecule has 0 saturated heterocycles. The van der Waals surface area contributed by atoms with Gasteiger partial charge in [0.05, 0.1) is 11.0 Å². The van der Waals surface area contributed by atoms with Crippen LogP contribution in [0.2, 0.25) is 0 Å². The van der Waals surface area contributed by atoms with Crippen molar-refractivity contribution in [2.45, 2.75) is 6.92 Å². The van der Waals surface area contributed by atoms with Gasteiger partial charge in [-0.1, -0.05) is 0 Å². The monoisotopic (exact) mass is 210 g/mol. The van der Waals surface area contributed by atoms with Crippen molar-refractivity contribution in [1.29, 1.82) is 0 Å². The summed E-state index contributed by atoms with van der Waals surface area (Å²) in [6.45, 7) is 2.02. The Balaban J connectivity index is 2.90. The summed E-state index contributed by atoms with van der Waals surface area (Å²) in [4.78, 5) is 7.42. The van der Waals surface area contributed by atoms with Crippen LogP contribution >= 0.6 is 15.9 Å². The zero-order chi connectivity index (χ0) is 7.84. The van der Waals surface area contributed by atoms with Crippen LogP contribution in [0.3, 0.4) is 0 Å². The van der Waals surface area contributed by atoms with Crippen LogP contribution in [-0.4, -0.2) is 9.97 Å². The van der Waals surface area contributed by atoms with Crippen molar-refractivity contribution < 1.29 is 0 Å². The number of nitrogens with one attached hydrogen (secondary N) is 1. The Bertz CT molecular complexity index is 392. The Labute approximate surface area is 72.8 Å². The molecule has 0 aromatic carbocycles. The van der Waals surface area contributed by atoms with Crippen LogP contribution in [0, 0.1) is 6.92 Å². The second kappa shape index (κ2) is 2.34. The summed E-state index contributed by atoms with van der Waals surface area (Å²) in [5.74, 6) is 0. The molecule has 2 aromatic rings. The highest BCUT2D eigenvalue weighted by atomic mass is 79.9. The van der Waals surface area contributed by atoms with Gasteiger partial charge in [0.1, 0.15) is 0 Å². The second-order valence-electron chi connectivity index (χ2n) is 2.51. The molecule has 1 N–H and O–H groups in total. The lowest BCUT2D eigenvalue weighted by atomic mass is 10.4. The third-order valence-electron chi connectivity index (χ3n) is 1.60. The lowest BCUT2D eigenvalue weighted by Crippen LogP contribution is -1.74. The number of H-pyrrole nitrogens is 1. The molecule has 0 radical (unpaired) electrons. The lowest BCUT2D eigenvalue weighted by Gasteiger charge is -1.90. The van der Waals surface area contributed by atoms with Crippen molar-refractivity contribution in [3.63, 3.8) is 0 Å². The average molecular weight is 211 g/mol. The van der Waals surface area contributed by atoms with Crippen molar-refractivity contribution in [1.82, 2.24) is 9.97 Å². The molecule has 2 rings (SSSR count). The van der Waals surface area contributed by atoms with Crippen LogP contribution < -0.4 is 0 Å². The lowest BCUT2D eigenvalue weighted by molar-refractivity contribution is 1.30. The molecule has 0 spiro atoms. The van der Waals surface area contributed by atoms with E-state index in [1.807, 2.05) is 19.1 Å². The van der Waals surface area contributed by atoms with E-state index in [0.717, 1.165) is 21.2 Å². The molecule has 0 saturated carbocycles. The van der Waals surface area contributed by atoms with Crippen LogP contribution in [0.4, 0.5) is 0 Å². The number of halogens is 1. The summed E-state index contributed by atoms with van der Waals surface area (Å²) in [6.07, 6.45) is 1.79. The fourth-order valence-corrected chi connectivity index (χ4v) is 1.55. The maximum atomic E-state index is 4.20. The third kappa shape index (κ3) is 1.05. The van der Waals surface area contributed by atoms with Crippen molar-refractivity contribution in [2.75, 3.05) is 0 Å². The van der Waals surface area contributed by atoms with Gasteiger partial charge in [0.2, 0.25) is 0 Å². The number of fused-ring (bicyclic) bond motifs is 1. The van der Waals surface area contributed by atoms with Gasteiger partial charge in [-0.3, -0.25) is 4.98 Å². The molecule has 2 nitrogen and oxygen atoms in total. The fourth-order valence-electron chi connectivity index (χ4n) is 1.12. The van der Waals surface area contributed by atoms with E-state index in [2.05, 4.69) is 25.9 Å². The van der Waals surface area contributed by atoms with E-state index >= 15 is 0 Å². The highest BCUT2D eigenvalue weighted by molar-refractivity contribution is 9.10. The Morgan fingerprint density at radius 1 is 1.55 bits per heavy atom. The topological polar surface area (TPSA) is 28.7 Å². The van der Waals surface area contributed by atoms with E-state index in [0.29, 0.717) is 0 Å². The van der Waals surface area contributed by atoms with Gasteiger partial charge in [0.25, 0.3) is 0 Å². The molecule has 0 bridgehead atoms. The molecule has 0 aliphatic heterocycles. The van der Waals surface area contributed by atoms with Gasteiger partial charge in [0.15, 0.2) is 0 Å².